The lowest BCUT2D eigenvalue weighted by Crippen LogP contribution is -2.42. The van der Waals surface area contributed by atoms with Crippen LogP contribution >= 0.6 is 0 Å². The summed E-state index contributed by atoms with van der Waals surface area (Å²) >= 11 is 0. The summed E-state index contributed by atoms with van der Waals surface area (Å²) in [5.41, 5.74) is 1.37. The van der Waals surface area contributed by atoms with Crippen molar-refractivity contribution >= 4 is 38.9 Å². The maximum atomic E-state index is 12.9. The van der Waals surface area contributed by atoms with Crippen LogP contribution < -0.4 is 14.9 Å². The van der Waals surface area contributed by atoms with Crippen molar-refractivity contribution in [3.8, 4) is 0 Å². The fraction of sp³-hybridized carbons (Fsp3) is 0.125. The van der Waals surface area contributed by atoms with Crippen LogP contribution in [0.15, 0.2) is 53.4 Å². The molecule has 0 atom stereocenters. The molecular formula is C16H15N3O4S. The average molecular weight is 345 g/mol. The van der Waals surface area contributed by atoms with E-state index in [1.54, 1.807) is 24.3 Å². The van der Waals surface area contributed by atoms with Gasteiger partial charge in [-0.15, -0.1) is 0 Å². The molecular weight excluding hydrogens is 330 g/mol. The number of carbonyl (C=O) groups excluding carboxylic acids is 2. The van der Waals surface area contributed by atoms with Crippen molar-refractivity contribution in [3.05, 3.63) is 48.5 Å². The smallest absolute Gasteiger partial charge is 0.264 e. The van der Waals surface area contributed by atoms with Gasteiger partial charge in [-0.2, -0.15) is 0 Å². The molecule has 8 heteroatoms. The first-order valence-corrected chi connectivity index (χ1v) is 8.61. The first kappa shape index (κ1) is 16.0. The maximum Gasteiger partial charge on any atom is 0.264 e. The van der Waals surface area contributed by atoms with Crippen LogP contribution in [-0.2, 0) is 19.6 Å². The van der Waals surface area contributed by atoms with Gasteiger partial charge in [0.15, 0.2) is 0 Å². The SMILES string of the molecule is CC(=O)Nc1ccc(S(=O)(=O)N2CC(=O)Nc3ccccc32)cc1. The van der Waals surface area contributed by atoms with Crippen LogP contribution in [0, 0.1) is 0 Å². The molecule has 0 spiro atoms. The number of hydrogen-bond donors (Lipinski definition) is 2. The van der Waals surface area contributed by atoms with Gasteiger partial charge in [0.05, 0.1) is 16.3 Å². The number of benzene rings is 2. The number of fused-ring (bicyclic) bond motifs is 1. The predicted molar refractivity (Wildman–Crippen MR) is 90.3 cm³/mol. The molecule has 24 heavy (non-hydrogen) atoms. The summed E-state index contributed by atoms with van der Waals surface area (Å²) in [6.07, 6.45) is 0. The molecule has 1 aliphatic rings. The quantitative estimate of drug-likeness (QED) is 0.886. The summed E-state index contributed by atoms with van der Waals surface area (Å²) in [5, 5.41) is 5.23. The second kappa shape index (κ2) is 5.97. The summed E-state index contributed by atoms with van der Waals surface area (Å²) in [6.45, 7) is 1.08. The Morgan fingerprint density at radius 2 is 1.79 bits per heavy atom. The monoisotopic (exact) mass is 345 g/mol. The molecule has 0 saturated heterocycles. The van der Waals surface area contributed by atoms with Gasteiger partial charge in [-0.1, -0.05) is 12.1 Å². The van der Waals surface area contributed by atoms with Crippen molar-refractivity contribution in [3.63, 3.8) is 0 Å². The molecule has 0 unspecified atom stereocenters. The number of sulfonamides is 1. The molecule has 7 nitrogen and oxygen atoms in total. The van der Waals surface area contributed by atoms with E-state index in [0.717, 1.165) is 4.31 Å². The zero-order valence-corrected chi connectivity index (χ0v) is 13.6. The van der Waals surface area contributed by atoms with Gasteiger partial charge >= 0.3 is 0 Å². The van der Waals surface area contributed by atoms with Crippen LogP contribution in [0.1, 0.15) is 6.92 Å². The Morgan fingerprint density at radius 1 is 1.12 bits per heavy atom. The van der Waals surface area contributed by atoms with Gasteiger partial charge in [0.2, 0.25) is 11.8 Å². The normalized spacial score (nSPS) is 13.9. The second-order valence-corrected chi connectivity index (χ2v) is 7.14. The highest BCUT2D eigenvalue weighted by Crippen LogP contribution is 2.33. The molecule has 2 aromatic rings. The number of nitrogens with zero attached hydrogens (tertiary/aromatic N) is 1. The Bertz CT molecular complexity index is 907. The molecule has 0 bridgehead atoms. The summed E-state index contributed by atoms with van der Waals surface area (Å²) in [5.74, 6) is -0.639. The molecule has 2 amide bonds. The minimum atomic E-state index is -3.89. The molecule has 0 radical (unpaired) electrons. The highest BCUT2D eigenvalue weighted by Gasteiger charge is 2.32. The molecule has 0 saturated carbocycles. The topological polar surface area (TPSA) is 95.6 Å². The van der Waals surface area contributed by atoms with Crippen molar-refractivity contribution in [2.75, 3.05) is 21.5 Å². The number of carbonyl (C=O) groups is 2. The van der Waals surface area contributed by atoms with E-state index in [9.17, 15) is 18.0 Å². The van der Waals surface area contributed by atoms with Crippen LogP contribution in [0.25, 0.3) is 0 Å². The summed E-state index contributed by atoms with van der Waals surface area (Å²) in [7, 11) is -3.89. The van der Waals surface area contributed by atoms with E-state index < -0.39 is 15.9 Å². The highest BCUT2D eigenvalue weighted by atomic mass is 32.2. The zero-order valence-electron chi connectivity index (χ0n) is 12.8. The van der Waals surface area contributed by atoms with Crippen molar-refractivity contribution in [1.29, 1.82) is 0 Å². The van der Waals surface area contributed by atoms with E-state index in [-0.39, 0.29) is 17.3 Å². The van der Waals surface area contributed by atoms with Crippen molar-refractivity contribution in [1.82, 2.24) is 0 Å². The Labute approximate surface area is 139 Å². The number of nitrogens with one attached hydrogen (secondary N) is 2. The largest absolute Gasteiger partial charge is 0.326 e. The lowest BCUT2D eigenvalue weighted by molar-refractivity contribution is -0.115. The lowest BCUT2D eigenvalue weighted by atomic mass is 10.2. The van der Waals surface area contributed by atoms with Crippen LogP contribution in [0.3, 0.4) is 0 Å². The van der Waals surface area contributed by atoms with Crippen LogP contribution in [-0.4, -0.2) is 26.8 Å². The van der Waals surface area contributed by atoms with Gasteiger partial charge in [-0.25, -0.2) is 8.42 Å². The summed E-state index contributed by atoms with van der Waals surface area (Å²) in [4.78, 5) is 22.9. The minimum absolute atomic E-state index is 0.0427. The first-order chi connectivity index (χ1) is 11.4. The number of rotatable bonds is 3. The molecule has 124 valence electrons. The van der Waals surface area contributed by atoms with Gasteiger partial charge in [-0.05, 0) is 36.4 Å². The molecule has 0 fully saturated rings. The molecule has 3 rings (SSSR count). The Kier molecular flexibility index (Phi) is 3.98. The third-order valence-electron chi connectivity index (χ3n) is 3.50. The minimum Gasteiger partial charge on any atom is -0.326 e. The fourth-order valence-electron chi connectivity index (χ4n) is 2.46. The third-order valence-corrected chi connectivity index (χ3v) is 5.27. The van der Waals surface area contributed by atoms with E-state index in [4.69, 9.17) is 0 Å². The first-order valence-electron chi connectivity index (χ1n) is 7.17. The zero-order chi connectivity index (χ0) is 17.3. The average Bonchev–Trinajstić information content (AvgIpc) is 2.54. The van der Waals surface area contributed by atoms with E-state index in [1.165, 1.54) is 31.2 Å². The van der Waals surface area contributed by atoms with E-state index in [0.29, 0.717) is 17.1 Å². The van der Waals surface area contributed by atoms with Gasteiger partial charge < -0.3 is 10.6 Å². The lowest BCUT2D eigenvalue weighted by Gasteiger charge is -2.30. The molecule has 0 aliphatic carbocycles. The van der Waals surface area contributed by atoms with Crippen molar-refractivity contribution in [2.24, 2.45) is 0 Å². The van der Waals surface area contributed by atoms with Crippen molar-refractivity contribution < 1.29 is 18.0 Å². The van der Waals surface area contributed by atoms with Crippen molar-refractivity contribution in [2.45, 2.75) is 11.8 Å². The van der Waals surface area contributed by atoms with E-state index >= 15 is 0 Å². The third kappa shape index (κ3) is 2.95. The van der Waals surface area contributed by atoms with Gasteiger partial charge in [0.25, 0.3) is 10.0 Å². The predicted octanol–water partition coefficient (Wildman–Crippen LogP) is 1.79. The van der Waals surface area contributed by atoms with Crippen LogP contribution in [0.5, 0.6) is 0 Å². The van der Waals surface area contributed by atoms with Crippen LogP contribution in [0.4, 0.5) is 17.1 Å². The second-order valence-electron chi connectivity index (χ2n) is 5.28. The molecule has 0 aromatic heterocycles. The number of hydrogen-bond acceptors (Lipinski definition) is 4. The molecule has 2 N–H and O–H groups in total. The molecule has 1 aliphatic heterocycles. The van der Waals surface area contributed by atoms with E-state index in [2.05, 4.69) is 10.6 Å². The molecule has 2 aromatic carbocycles. The fourth-order valence-corrected chi connectivity index (χ4v) is 3.90. The Balaban J connectivity index is 1.99. The number of amides is 2. The summed E-state index contributed by atoms with van der Waals surface area (Å²) in [6, 6.07) is 12.5. The number of anilines is 3. The number of para-hydroxylation sites is 2. The van der Waals surface area contributed by atoms with Gasteiger partial charge in [0.1, 0.15) is 6.54 Å². The van der Waals surface area contributed by atoms with Gasteiger partial charge in [0, 0.05) is 12.6 Å². The molecule has 1 heterocycles. The Morgan fingerprint density at radius 3 is 2.46 bits per heavy atom. The Hall–Kier alpha value is -2.87. The summed E-state index contributed by atoms with van der Waals surface area (Å²) < 4.78 is 26.9. The highest BCUT2D eigenvalue weighted by molar-refractivity contribution is 7.92. The van der Waals surface area contributed by atoms with E-state index in [1.807, 2.05) is 0 Å². The standard InChI is InChI=1S/C16H15N3O4S/c1-11(20)17-12-6-8-13(9-7-12)24(22,23)19-10-16(21)18-14-4-2-3-5-15(14)19/h2-9H,10H2,1H3,(H,17,20)(H,18,21). The van der Waals surface area contributed by atoms with Crippen LogP contribution in [0.2, 0.25) is 0 Å². The van der Waals surface area contributed by atoms with Gasteiger partial charge in [-0.3, -0.25) is 13.9 Å². The maximum absolute atomic E-state index is 12.9.